The highest BCUT2D eigenvalue weighted by atomic mass is 15.0. The fraction of sp³-hybridized carbons (Fsp3) is 0.0392. The molecule has 2 nitrogen and oxygen atoms in total. The lowest BCUT2D eigenvalue weighted by Gasteiger charge is -2.22. The molecule has 0 saturated heterocycles. The summed E-state index contributed by atoms with van der Waals surface area (Å²) in [4.78, 5) is 5.21. The van der Waals surface area contributed by atoms with Gasteiger partial charge in [-0.3, -0.25) is 4.99 Å². The minimum Gasteiger partial charge on any atom is -0.309 e. The van der Waals surface area contributed by atoms with Crippen molar-refractivity contribution in [2.75, 3.05) is 0 Å². The molecule has 2 heteroatoms. The zero-order valence-corrected chi connectivity index (χ0v) is 29.2. The van der Waals surface area contributed by atoms with Crippen molar-refractivity contribution in [2.45, 2.75) is 12.5 Å². The van der Waals surface area contributed by atoms with Crippen LogP contribution in [0.4, 0.5) is 0 Å². The SMILES string of the molecule is C1=C(c2ccc(-c3ccc(-c4ccc(-n5c6ccccc6c6ccccc65)cc4)c4ccccc34)cc2)CC(c2ccccc2)N=C1c1ccccc1. The van der Waals surface area contributed by atoms with Gasteiger partial charge in [0.25, 0.3) is 0 Å². The third-order valence-electron chi connectivity index (χ3n) is 10.8. The average Bonchev–Trinajstić information content (AvgIpc) is 3.58. The lowest BCUT2D eigenvalue weighted by Crippen LogP contribution is -2.10. The van der Waals surface area contributed by atoms with Crippen LogP contribution in [-0.4, -0.2) is 10.3 Å². The van der Waals surface area contributed by atoms with Crippen molar-refractivity contribution < 1.29 is 0 Å². The maximum Gasteiger partial charge on any atom is 0.0796 e. The van der Waals surface area contributed by atoms with Crippen molar-refractivity contribution in [1.82, 2.24) is 4.57 Å². The summed E-state index contributed by atoms with van der Waals surface area (Å²) in [6, 6.07) is 70.2. The van der Waals surface area contributed by atoms with Gasteiger partial charge in [-0.1, -0.05) is 170 Å². The average molecular weight is 677 g/mol. The van der Waals surface area contributed by atoms with E-state index in [-0.39, 0.29) is 6.04 Å². The first-order valence-corrected chi connectivity index (χ1v) is 18.4. The van der Waals surface area contributed by atoms with Gasteiger partial charge in [-0.05, 0) is 92.1 Å². The molecule has 0 radical (unpaired) electrons. The van der Waals surface area contributed by atoms with Gasteiger partial charge in [-0.2, -0.15) is 0 Å². The molecule has 1 aromatic heterocycles. The number of allylic oxidation sites excluding steroid dienone is 1. The standard InChI is InChI=1S/C51H36N2/c1-3-13-38(14-4-1)48-33-40(34-49(52-48)39-15-5-2-6-16-39)35-23-25-36(26-24-35)42-31-32-43(45-18-8-7-17-44(42)45)37-27-29-41(30-28-37)53-50-21-11-9-19-46(50)47-20-10-12-22-51(47)53/h1-33,49H,34H2. The lowest BCUT2D eigenvalue weighted by molar-refractivity contribution is 0.748. The molecule has 0 amide bonds. The Bertz CT molecular complexity index is 2770. The molecule has 250 valence electrons. The molecule has 9 aromatic rings. The number of nitrogens with zero attached hydrogens (tertiary/aromatic N) is 2. The number of benzene rings is 8. The first-order chi connectivity index (χ1) is 26.3. The monoisotopic (exact) mass is 676 g/mol. The summed E-state index contributed by atoms with van der Waals surface area (Å²) in [7, 11) is 0. The molecule has 0 spiro atoms. The highest BCUT2D eigenvalue weighted by Crippen LogP contribution is 2.39. The van der Waals surface area contributed by atoms with Crippen LogP contribution in [0.25, 0.3) is 66.1 Å². The molecular formula is C51H36N2. The summed E-state index contributed by atoms with van der Waals surface area (Å²) in [5.41, 5.74) is 14.5. The molecule has 53 heavy (non-hydrogen) atoms. The van der Waals surface area contributed by atoms with E-state index in [1.54, 1.807) is 0 Å². The minimum absolute atomic E-state index is 0.0820. The predicted octanol–water partition coefficient (Wildman–Crippen LogP) is 13.3. The largest absolute Gasteiger partial charge is 0.309 e. The molecule has 8 aromatic carbocycles. The van der Waals surface area contributed by atoms with Gasteiger partial charge >= 0.3 is 0 Å². The molecular weight excluding hydrogens is 641 g/mol. The van der Waals surface area contributed by atoms with Gasteiger partial charge < -0.3 is 4.57 Å². The van der Waals surface area contributed by atoms with Crippen LogP contribution in [0.5, 0.6) is 0 Å². The van der Waals surface area contributed by atoms with E-state index in [2.05, 4.69) is 205 Å². The summed E-state index contributed by atoms with van der Waals surface area (Å²) in [6.07, 6.45) is 3.15. The van der Waals surface area contributed by atoms with Crippen molar-refractivity contribution in [3.63, 3.8) is 0 Å². The molecule has 1 aliphatic heterocycles. The minimum atomic E-state index is 0.0820. The molecule has 0 fully saturated rings. The van der Waals surface area contributed by atoms with Crippen LogP contribution in [0.1, 0.15) is 29.2 Å². The van der Waals surface area contributed by atoms with Gasteiger partial charge in [0.2, 0.25) is 0 Å². The van der Waals surface area contributed by atoms with Gasteiger partial charge in [0, 0.05) is 16.5 Å². The van der Waals surface area contributed by atoms with E-state index in [1.165, 1.54) is 71.5 Å². The number of aliphatic imine (C=N–C) groups is 1. The maximum atomic E-state index is 5.21. The summed E-state index contributed by atoms with van der Waals surface area (Å²) >= 11 is 0. The van der Waals surface area contributed by atoms with Gasteiger partial charge in [0.15, 0.2) is 0 Å². The number of hydrogen-bond acceptors (Lipinski definition) is 1. The molecule has 1 aliphatic rings. The van der Waals surface area contributed by atoms with Crippen LogP contribution in [0.15, 0.2) is 205 Å². The number of aromatic nitrogens is 1. The van der Waals surface area contributed by atoms with Gasteiger partial charge in [-0.25, -0.2) is 0 Å². The lowest BCUT2D eigenvalue weighted by atomic mass is 9.88. The Morgan fingerprint density at radius 2 is 0.868 bits per heavy atom. The normalized spacial score (nSPS) is 14.4. The Kier molecular flexibility index (Phi) is 7.66. The zero-order valence-electron chi connectivity index (χ0n) is 29.2. The molecule has 0 aliphatic carbocycles. The third kappa shape index (κ3) is 5.57. The second kappa shape index (κ2) is 13.1. The van der Waals surface area contributed by atoms with Gasteiger partial charge in [0.1, 0.15) is 0 Å². The molecule has 0 N–H and O–H groups in total. The highest BCUT2D eigenvalue weighted by molar-refractivity contribution is 6.13. The van der Waals surface area contributed by atoms with Crippen molar-refractivity contribution in [3.05, 3.63) is 217 Å². The maximum absolute atomic E-state index is 5.21. The van der Waals surface area contributed by atoms with Crippen molar-refractivity contribution in [2.24, 2.45) is 4.99 Å². The first kappa shape index (κ1) is 31.0. The quantitative estimate of drug-likeness (QED) is 0.167. The van der Waals surface area contributed by atoms with Crippen LogP contribution in [0, 0.1) is 0 Å². The molecule has 0 bridgehead atoms. The molecule has 2 heterocycles. The zero-order chi connectivity index (χ0) is 35.1. The topological polar surface area (TPSA) is 17.3 Å². The van der Waals surface area contributed by atoms with Gasteiger partial charge in [-0.15, -0.1) is 0 Å². The second-order valence-electron chi connectivity index (χ2n) is 13.9. The van der Waals surface area contributed by atoms with Crippen molar-refractivity contribution in [3.8, 4) is 27.9 Å². The summed E-state index contributed by atoms with van der Waals surface area (Å²) in [5.74, 6) is 0. The summed E-state index contributed by atoms with van der Waals surface area (Å²) in [6.45, 7) is 0. The van der Waals surface area contributed by atoms with E-state index in [0.29, 0.717) is 0 Å². The smallest absolute Gasteiger partial charge is 0.0796 e. The Morgan fingerprint density at radius 1 is 0.396 bits per heavy atom. The second-order valence-corrected chi connectivity index (χ2v) is 13.9. The number of hydrogen-bond donors (Lipinski definition) is 0. The first-order valence-electron chi connectivity index (χ1n) is 18.4. The Hall–Kier alpha value is -6.77. The molecule has 1 atom stereocenters. The Morgan fingerprint density at radius 3 is 1.45 bits per heavy atom. The highest BCUT2D eigenvalue weighted by Gasteiger charge is 2.21. The third-order valence-corrected chi connectivity index (χ3v) is 10.8. The summed E-state index contributed by atoms with van der Waals surface area (Å²) in [5, 5.41) is 5.06. The molecule has 1 unspecified atom stereocenters. The van der Waals surface area contributed by atoms with Crippen LogP contribution in [0.2, 0.25) is 0 Å². The number of rotatable bonds is 6. The number of dihydropyridines is 1. The van der Waals surface area contributed by atoms with E-state index in [0.717, 1.165) is 23.4 Å². The summed E-state index contributed by atoms with van der Waals surface area (Å²) < 4.78 is 2.37. The Labute approximate surface area is 309 Å². The molecule has 10 rings (SSSR count). The van der Waals surface area contributed by atoms with Crippen LogP contribution >= 0.6 is 0 Å². The Balaban J connectivity index is 0.986. The molecule has 0 saturated carbocycles. The van der Waals surface area contributed by atoms with Crippen molar-refractivity contribution >= 4 is 43.9 Å². The predicted molar refractivity (Wildman–Crippen MR) is 224 cm³/mol. The van der Waals surface area contributed by atoms with E-state index < -0.39 is 0 Å². The van der Waals surface area contributed by atoms with E-state index >= 15 is 0 Å². The van der Waals surface area contributed by atoms with E-state index in [4.69, 9.17) is 4.99 Å². The van der Waals surface area contributed by atoms with E-state index in [1.807, 2.05) is 0 Å². The van der Waals surface area contributed by atoms with E-state index in [9.17, 15) is 0 Å². The van der Waals surface area contributed by atoms with Gasteiger partial charge in [0.05, 0.1) is 22.8 Å². The van der Waals surface area contributed by atoms with Crippen LogP contribution in [0.3, 0.4) is 0 Å². The number of para-hydroxylation sites is 2. The fourth-order valence-electron chi connectivity index (χ4n) is 8.18. The fourth-order valence-corrected chi connectivity index (χ4v) is 8.18. The van der Waals surface area contributed by atoms with Crippen LogP contribution in [-0.2, 0) is 0 Å². The van der Waals surface area contributed by atoms with Crippen molar-refractivity contribution in [1.29, 1.82) is 0 Å². The number of fused-ring (bicyclic) bond motifs is 4. The van der Waals surface area contributed by atoms with Crippen LogP contribution < -0.4 is 0 Å².